The molecule has 1 heterocycles. The van der Waals surface area contributed by atoms with Crippen LogP contribution < -0.4 is 9.46 Å². The van der Waals surface area contributed by atoms with Crippen LogP contribution in [0.3, 0.4) is 0 Å². The Bertz CT molecular complexity index is 734. The zero-order chi connectivity index (χ0) is 18.6. The smallest absolute Gasteiger partial charge is 0.257 e. The van der Waals surface area contributed by atoms with Crippen molar-refractivity contribution in [2.24, 2.45) is 0 Å². The van der Waals surface area contributed by atoms with Crippen LogP contribution in [-0.2, 0) is 10.0 Å². The molecule has 1 amide bonds. The van der Waals surface area contributed by atoms with E-state index in [9.17, 15) is 13.2 Å². The fourth-order valence-corrected chi connectivity index (χ4v) is 5.13. The molecule has 1 saturated carbocycles. The lowest BCUT2D eigenvalue weighted by atomic mass is 10.1. The summed E-state index contributed by atoms with van der Waals surface area (Å²) in [6.45, 7) is 1.42. The number of benzene rings is 1. The van der Waals surface area contributed by atoms with Gasteiger partial charge < -0.3 is 9.64 Å². The van der Waals surface area contributed by atoms with Gasteiger partial charge >= 0.3 is 0 Å². The molecular weight excluding hydrogens is 352 g/mol. The highest BCUT2D eigenvalue weighted by molar-refractivity contribution is 7.89. The predicted octanol–water partition coefficient (Wildman–Crippen LogP) is 2.93. The second-order valence-electron chi connectivity index (χ2n) is 7.17. The van der Waals surface area contributed by atoms with Gasteiger partial charge in [-0.25, -0.2) is 13.1 Å². The quantitative estimate of drug-likeness (QED) is 0.852. The number of nitrogens with one attached hydrogen (secondary N) is 1. The Morgan fingerprint density at radius 3 is 2.35 bits per heavy atom. The Labute approximate surface area is 156 Å². The summed E-state index contributed by atoms with van der Waals surface area (Å²) in [4.78, 5) is 14.9. The van der Waals surface area contributed by atoms with E-state index < -0.39 is 10.0 Å². The summed E-state index contributed by atoms with van der Waals surface area (Å²) >= 11 is 0. The number of hydrogen-bond donors (Lipinski definition) is 1. The normalized spacial score (nSPS) is 19.3. The monoisotopic (exact) mass is 380 g/mol. The van der Waals surface area contributed by atoms with Crippen molar-refractivity contribution in [2.75, 3.05) is 20.2 Å². The molecule has 0 aromatic heterocycles. The van der Waals surface area contributed by atoms with Crippen molar-refractivity contribution in [3.05, 3.63) is 23.8 Å². The van der Waals surface area contributed by atoms with Gasteiger partial charge in [-0.1, -0.05) is 25.7 Å². The molecule has 0 bridgehead atoms. The Morgan fingerprint density at radius 1 is 1.08 bits per heavy atom. The highest BCUT2D eigenvalue weighted by Crippen LogP contribution is 2.26. The van der Waals surface area contributed by atoms with Gasteiger partial charge in [0, 0.05) is 19.1 Å². The second-order valence-corrected chi connectivity index (χ2v) is 8.89. The summed E-state index contributed by atoms with van der Waals surface area (Å²) < 4.78 is 33.5. The molecule has 1 N–H and O–H groups in total. The third kappa shape index (κ3) is 4.38. The summed E-state index contributed by atoms with van der Waals surface area (Å²) in [5, 5.41) is 0. The van der Waals surface area contributed by atoms with Crippen LogP contribution in [-0.4, -0.2) is 45.5 Å². The molecular formula is C19H28N2O4S. The molecule has 1 aliphatic heterocycles. The minimum Gasteiger partial charge on any atom is -0.496 e. The van der Waals surface area contributed by atoms with Crippen LogP contribution in [0.1, 0.15) is 61.7 Å². The molecule has 6 nitrogen and oxygen atoms in total. The maximum Gasteiger partial charge on any atom is 0.257 e. The first kappa shape index (κ1) is 19.2. The fraction of sp³-hybridized carbons (Fsp3) is 0.632. The Morgan fingerprint density at radius 2 is 1.73 bits per heavy atom. The first-order valence-corrected chi connectivity index (χ1v) is 11.0. The van der Waals surface area contributed by atoms with Gasteiger partial charge in [0.25, 0.3) is 5.91 Å². The van der Waals surface area contributed by atoms with Gasteiger partial charge in [0.15, 0.2) is 0 Å². The number of amides is 1. The minimum absolute atomic E-state index is 0.00754. The average Bonchev–Trinajstić information content (AvgIpc) is 2.98. The van der Waals surface area contributed by atoms with Crippen molar-refractivity contribution in [1.82, 2.24) is 9.62 Å². The standard InChI is InChI=1S/C19H28N2O4S/c1-25-18-11-10-16(26(23,24)20-15-8-4-5-9-15)14-17(18)19(22)21-12-6-2-3-7-13-21/h10-11,14-15,20H,2-9,12-13H2,1H3. The van der Waals surface area contributed by atoms with Crippen LogP contribution in [0.2, 0.25) is 0 Å². The number of likely N-dealkylation sites (tertiary alicyclic amines) is 1. The van der Waals surface area contributed by atoms with Crippen LogP contribution in [0.5, 0.6) is 5.75 Å². The van der Waals surface area contributed by atoms with Gasteiger partial charge in [-0.05, 0) is 43.9 Å². The molecule has 7 heteroatoms. The van der Waals surface area contributed by atoms with E-state index in [0.29, 0.717) is 24.4 Å². The van der Waals surface area contributed by atoms with E-state index in [0.717, 1.165) is 51.4 Å². The van der Waals surface area contributed by atoms with E-state index in [1.54, 1.807) is 6.07 Å². The number of hydrogen-bond acceptors (Lipinski definition) is 4. The molecule has 1 aromatic carbocycles. The molecule has 0 radical (unpaired) electrons. The maximum absolute atomic E-state index is 13.0. The van der Waals surface area contributed by atoms with Crippen LogP contribution in [0.25, 0.3) is 0 Å². The van der Waals surface area contributed by atoms with E-state index in [2.05, 4.69) is 4.72 Å². The lowest BCUT2D eigenvalue weighted by Gasteiger charge is -2.22. The van der Waals surface area contributed by atoms with Crippen LogP contribution >= 0.6 is 0 Å². The summed E-state index contributed by atoms with van der Waals surface area (Å²) in [5.41, 5.74) is 0.323. The first-order valence-electron chi connectivity index (χ1n) is 9.51. The summed E-state index contributed by atoms with van der Waals surface area (Å²) in [7, 11) is -2.14. The third-order valence-electron chi connectivity index (χ3n) is 5.28. The number of ether oxygens (including phenoxy) is 1. The molecule has 2 fully saturated rings. The fourth-order valence-electron chi connectivity index (χ4n) is 3.80. The second kappa shape index (κ2) is 8.39. The van der Waals surface area contributed by atoms with Crippen molar-refractivity contribution in [3.8, 4) is 5.75 Å². The van der Waals surface area contributed by atoms with Crippen LogP contribution in [0.15, 0.2) is 23.1 Å². The summed E-state index contributed by atoms with van der Waals surface area (Å²) in [5.74, 6) is 0.265. The van der Waals surface area contributed by atoms with Gasteiger partial charge in [0.1, 0.15) is 5.75 Å². The van der Waals surface area contributed by atoms with Crippen LogP contribution in [0.4, 0.5) is 0 Å². The van der Waals surface area contributed by atoms with Crippen LogP contribution in [0, 0.1) is 0 Å². The van der Waals surface area contributed by atoms with Crippen molar-refractivity contribution >= 4 is 15.9 Å². The molecule has 0 unspecified atom stereocenters. The van der Waals surface area contributed by atoms with E-state index in [-0.39, 0.29) is 16.8 Å². The molecule has 26 heavy (non-hydrogen) atoms. The van der Waals surface area contributed by atoms with Gasteiger partial charge in [0.05, 0.1) is 17.6 Å². The topological polar surface area (TPSA) is 75.7 Å². The van der Waals surface area contributed by atoms with Gasteiger partial charge in [0.2, 0.25) is 10.0 Å². The molecule has 0 atom stereocenters. The minimum atomic E-state index is -3.64. The van der Waals surface area contributed by atoms with Crippen molar-refractivity contribution in [3.63, 3.8) is 0 Å². The molecule has 2 aliphatic rings. The Hall–Kier alpha value is -1.60. The predicted molar refractivity (Wildman–Crippen MR) is 99.9 cm³/mol. The Balaban J connectivity index is 1.86. The van der Waals surface area contributed by atoms with Crippen molar-refractivity contribution in [2.45, 2.75) is 62.3 Å². The molecule has 3 rings (SSSR count). The number of carbonyl (C=O) groups excluding carboxylic acids is 1. The van der Waals surface area contributed by atoms with E-state index in [1.165, 1.54) is 19.2 Å². The SMILES string of the molecule is COc1ccc(S(=O)(=O)NC2CCCC2)cc1C(=O)N1CCCCCC1. The third-order valence-corrected chi connectivity index (χ3v) is 6.80. The zero-order valence-electron chi connectivity index (χ0n) is 15.4. The van der Waals surface area contributed by atoms with E-state index in [4.69, 9.17) is 4.74 Å². The summed E-state index contributed by atoms with van der Waals surface area (Å²) in [6, 6.07) is 4.54. The average molecular weight is 381 g/mol. The van der Waals surface area contributed by atoms with Crippen molar-refractivity contribution in [1.29, 1.82) is 0 Å². The summed E-state index contributed by atoms with van der Waals surface area (Å²) in [6.07, 6.45) is 8.05. The van der Waals surface area contributed by atoms with Crippen molar-refractivity contribution < 1.29 is 17.9 Å². The van der Waals surface area contributed by atoms with Gasteiger partial charge in [-0.2, -0.15) is 0 Å². The lowest BCUT2D eigenvalue weighted by Crippen LogP contribution is -2.34. The number of carbonyl (C=O) groups is 1. The molecule has 1 aliphatic carbocycles. The number of rotatable bonds is 5. The lowest BCUT2D eigenvalue weighted by molar-refractivity contribution is 0.0758. The molecule has 1 saturated heterocycles. The highest BCUT2D eigenvalue weighted by Gasteiger charge is 2.26. The van der Waals surface area contributed by atoms with E-state index in [1.807, 2.05) is 4.90 Å². The number of methoxy groups -OCH3 is 1. The Kier molecular flexibility index (Phi) is 6.19. The highest BCUT2D eigenvalue weighted by atomic mass is 32.2. The van der Waals surface area contributed by atoms with Gasteiger partial charge in [-0.15, -0.1) is 0 Å². The zero-order valence-corrected chi connectivity index (χ0v) is 16.2. The first-order chi connectivity index (χ1) is 12.5. The maximum atomic E-state index is 13.0. The molecule has 1 aromatic rings. The largest absolute Gasteiger partial charge is 0.496 e. The van der Waals surface area contributed by atoms with E-state index >= 15 is 0 Å². The molecule has 0 spiro atoms. The molecule has 144 valence electrons. The van der Waals surface area contributed by atoms with Gasteiger partial charge in [-0.3, -0.25) is 4.79 Å². The number of sulfonamides is 1. The number of nitrogens with zero attached hydrogens (tertiary/aromatic N) is 1.